The van der Waals surface area contributed by atoms with E-state index in [4.69, 9.17) is 0 Å². The van der Waals surface area contributed by atoms with Crippen LogP contribution in [0.5, 0.6) is 0 Å². The van der Waals surface area contributed by atoms with E-state index in [-0.39, 0.29) is 30.4 Å². The van der Waals surface area contributed by atoms with Gasteiger partial charge < -0.3 is 16.0 Å². The zero-order valence-electron chi connectivity index (χ0n) is 20.1. The molecule has 3 N–H and O–H groups in total. The minimum atomic E-state index is -0.208. The maximum Gasteiger partial charge on any atom is 0.251 e. The molecule has 0 heterocycles. The van der Waals surface area contributed by atoms with E-state index in [2.05, 4.69) is 27.8 Å². The lowest BCUT2D eigenvalue weighted by molar-refractivity contribution is -0.120. The van der Waals surface area contributed by atoms with Crippen LogP contribution in [0.3, 0.4) is 0 Å². The average molecular weight is 466 g/mol. The summed E-state index contributed by atoms with van der Waals surface area (Å²) in [5.74, 6) is 5.77. The van der Waals surface area contributed by atoms with Gasteiger partial charge in [-0.05, 0) is 61.4 Å². The first-order valence-corrected chi connectivity index (χ1v) is 11.7. The monoisotopic (exact) mass is 465 g/mol. The maximum absolute atomic E-state index is 12.5. The summed E-state index contributed by atoms with van der Waals surface area (Å²) in [5, 5.41) is 8.97. The van der Waals surface area contributed by atoms with Crippen molar-refractivity contribution in [1.29, 1.82) is 0 Å². The fourth-order valence-corrected chi connectivity index (χ4v) is 3.32. The predicted octanol–water partition coefficient (Wildman–Crippen LogP) is 4.34. The van der Waals surface area contributed by atoms with Gasteiger partial charge >= 0.3 is 0 Å². The van der Waals surface area contributed by atoms with E-state index in [0.717, 1.165) is 16.7 Å². The first-order valence-electron chi connectivity index (χ1n) is 11.7. The molecule has 0 fully saturated rings. The molecule has 0 spiro atoms. The van der Waals surface area contributed by atoms with Gasteiger partial charge in [-0.1, -0.05) is 72.5 Å². The number of benzene rings is 3. The summed E-state index contributed by atoms with van der Waals surface area (Å²) in [6.07, 6.45) is 3.76. The van der Waals surface area contributed by atoms with E-state index in [1.165, 1.54) is 0 Å². The molecule has 3 rings (SSSR count). The molecular weight excluding hydrogens is 434 g/mol. The van der Waals surface area contributed by atoms with Crippen molar-refractivity contribution in [2.75, 3.05) is 13.1 Å². The van der Waals surface area contributed by atoms with Crippen LogP contribution in [0.15, 0.2) is 91.0 Å². The van der Waals surface area contributed by atoms with E-state index in [1.54, 1.807) is 12.1 Å². The first kappa shape index (κ1) is 25.5. The highest BCUT2D eigenvalue weighted by Gasteiger charge is 2.12. The van der Waals surface area contributed by atoms with Crippen molar-refractivity contribution in [3.63, 3.8) is 0 Å². The highest BCUT2D eigenvalue weighted by molar-refractivity contribution is 5.94. The largest absolute Gasteiger partial charge is 0.353 e. The number of rotatable bonds is 9. The zero-order chi connectivity index (χ0) is 24.9. The van der Waals surface area contributed by atoms with Crippen LogP contribution < -0.4 is 16.0 Å². The Bertz CT molecular complexity index is 1180. The summed E-state index contributed by atoms with van der Waals surface area (Å²) >= 11 is 0. The van der Waals surface area contributed by atoms with Crippen LogP contribution in [0, 0.1) is 11.8 Å². The molecule has 2 atom stereocenters. The summed E-state index contributed by atoms with van der Waals surface area (Å²) in [6.45, 7) is 4.43. The Morgan fingerprint density at radius 2 is 1.54 bits per heavy atom. The third-order valence-corrected chi connectivity index (χ3v) is 5.37. The van der Waals surface area contributed by atoms with Gasteiger partial charge in [0.25, 0.3) is 5.91 Å². The van der Waals surface area contributed by atoms with Crippen LogP contribution in [0.25, 0.3) is 6.08 Å². The minimum absolute atomic E-state index is 0.0756. The Morgan fingerprint density at radius 1 is 0.886 bits per heavy atom. The van der Waals surface area contributed by atoms with Crippen molar-refractivity contribution in [1.82, 2.24) is 16.0 Å². The van der Waals surface area contributed by atoms with E-state index >= 15 is 0 Å². The quantitative estimate of drug-likeness (QED) is 0.412. The topological polar surface area (TPSA) is 70.2 Å². The molecule has 0 aliphatic heterocycles. The molecule has 3 aromatic rings. The number of nitrogens with one attached hydrogen (secondary N) is 3. The second-order valence-electron chi connectivity index (χ2n) is 8.28. The number of hydrogen-bond donors (Lipinski definition) is 3. The zero-order valence-corrected chi connectivity index (χ0v) is 20.1. The molecule has 35 heavy (non-hydrogen) atoms. The summed E-state index contributed by atoms with van der Waals surface area (Å²) < 4.78 is 0. The lowest BCUT2D eigenvalue weighted by Gasteiger charge is -2.17. The normalized spacial score (nSPS) is 12.3. The van der Waals surface area contributed by atoms with Gasteiger partial charge in [-0.15, -0.1) is 0 Å². The van der Waals surface area contributed by atoms with Crippen molar-refractivity contribution < 1.29 is 9.59 Å². The highest BCUT2D eigenvalue weighted by Crippen LogP contribution is 2.10. The molecule has 0 aromatic heterocycles. The molecule has 0 bridgehead atoms. The van der Waals surface area contributed by atoms with Crippen molar-refractivity contribution >= 4 is 17.9 Å². The highest BCUT2D eigenvalue weighted by atomic mass is 16.2. The SMILES string of the molecule is CC(CNC(=O)CNC(C)c1ccccc1)NC(=O)c1ccc(C#C/C=C/c2ccccc2)cc1. The van der Waals surface area contributed by atoms with Crippen LogP contribution in [-0.4, -0.2) is 30.9 Å². The Hall–Kier alpha value is -4.14. The Kier molecular flexibility index (Phi) is 9.86. The lowest BCUT2D eigenvalue weighted by Crippen LogP contribution is -2.44. The molecule has 2 amide bonds. The summed E-state index contributed by atoms with van der Waals surface area (Å²) in [5.41, 5.74) is 3.60. The Morgan fingerprint density at radius 3 is 2.23 bits per heavy atom. The maximum atomic E-state index is 12.5. The molecule has 0 radical (unpaired) electrons. The summed E-state index contributed by atoms with van der Waals surface area (Å²) in [4.78, 5) is 24.7. The predicted molar refractivity (Wildman–Crippen MR) is 142 cm³/mol. The van der Waals surface area contributed by atoms with Crippen LogP contribution in [0.1, 0.15) is 46.9 Å². The third kappa shape index (κ3) is 8.96. The first-order chi connectivity index (χ1) is 17.0. The lowest BCUT2D eigenvalue weighted by atomic mass is 10.1. The summed E-state index contributed by atoms with van der Waals surface area (Å²) in [6, 6.07) is 27.0. The number of hydrogen-bond acceptors (Lipinski definition) is 3. The van der Waals surface area contributed by atoms with Crippen LogP contribution >= 0.6 is 0 Å². The van der Waals surface area contributed by atoms with Gasteiger partial charge in [0.1, 0.15) is 0 Å². The minimum Gasteiger partial charge on any atom is -0.353 e. The standard InChI is InChI=1S/C30H31N3O2/c1-23(21-32-29(34)22-31-24(2)27-15-7-4-8-16-27)33-30(35)28-19-17-26(18-20-28)14-10-9-13-25-11-5-3-6-12-25/h3-9,11-13,15-20,23-24,31H,21-22H2,1-2H3,(H,32,34)(H,33,35)/b13-9+. The van der Waals surface area contributed by atoms with Gasteiger partial charge in [-0.25, -0.2) is 0 Å². The fourth-order valence-electron chi connectivity index (χ4n) is 3.32. The van der Waals surface area contributed by atoms with E-state index in [9.17, 15) is 9.59 Å². The second-order valence-corrected chi connectivity index (χ2v) is 8.28. The summed E-state index contributed by atoms with van der Waals surface area (Å²) in [7, 11) is 0. The molecule has 3 aromatic carbocycles. The van der Waals surface area contributed by atoms with Crippen LogP contribution in [0.4, 0.5) is 0 Å². The third-order valence-electron chi connectivity index (χ3n) is 5.37. The fraction of sp³-hybridized carbons (Fsp3) is 0.200. The number of carbonyl (C=O) groups is 2. The van der Waals surface area contributed by atoms with Gasteiger partial charge in [0.15, 0.2) is 0 Å². The average Bonchev–Trinajstić information content (AvgIpc) is 2.90. The molecule has 0 aliphatic rings. The van der Waals surface area contributed by atoms with Gasteiger partial charge in [0, 0.05) is 29.8 Å². The second kappa shape index (κ2) is 13.5. The van der Waals surface area contributed by atoms with Crippen molar-refractivity contribution in [3.8, 4) is 11.8 Å². The van der Waals surface area contributed by atoms with Gasteiger partial charge in [-0.3, -0.25) is 9.59 Å². The van der Waals surface area contributed by atoms with E-state index in [1.807, 2.05) is 98.8 Å². The Labute approximate surface area is 207 Å². The van der Waals surface area contributed by atoms with Gasteiger partial charge in [0.05, 0.1) is 6.54 Å². The molecule has 178 valence electrons. The van der Waals surface area contributed by atoms with Crippen LogP contribution in [0.2, 0.25) is 0 Å². The molecule has 0 aliphatic carbocycles. The number of allylic oxidation sites excluding steroid dienone is 1. The van der Waals surface area contributed by atoms with E-state index < -0.39 is 0 Å². The smallest absolute Gasteiger partial charge is 0.251 e. The van der Waals surface area contributed by atoms with E-state index in [0.29, 0.717) is 12.1 Å². The number of amides is 2. The Balaban J connectivity index is 1.39. The van der Waals surface area contributed by atoms with Gasteiger partial charge in [0.2, 0.25) is 5.91 Å². The van der Waals surface area contributed by atoms with Crippen molar-refractivity contribution in [2.24, 2.45) is 0 Å². The molecule has 0 saturated heterocycles. The molecule has 5 heteroatoms. The molecule has 0 saturated carbocycles. The van der Waals surface area contributed by atoms with Crippen molar-refractivity contribution in [3.05, 3.63) is 113 Å². The molecule has 2 unspecified atom stereocenters. The van der Waals surface area contributed by atoms with Crippen molar-refractivity contribution in [2.45, 2.75) is 25.9 Å². The number of carbonyl (C=O) groups excluding carboxylic acids is 2. The molecule has 5 nitrogen and oxygen atoms in total. The molecular formula is C30H31N3O2. The van der Waals surface area contributed by atoms with Crippen LogP contribution in [-0.2, 0) is 4.79 Å². The van der Waals surface area contributed by atoms with Gasteiger partial charge in [-0.2, -0.15) is 0 Å².